The number of amides is 1. The number of benzene rings is 3. The molecule has 0 spiro atoms. The number of carbonyl (C=O) groups excluding carboxylic acids is 1. The Bertz CT molecular complexity index is 1030. The van der Waals surface area contributed by atoms with E-state index in [2.05, 4.69) is 51.2 Å². The molecule has 0 atom stereocenters. The fourth-order valence-electron chi connectivity index (χ4n) is 3.73. The van der Waals surface area contributed by atoms with Crippen molar-refractivity contribution in [2.24, 2.45) is 0 Å². The highest BCUT2D eigenvalue weighted by Crippen LogP contribution is 2.32. The van der Waals surface area contributed by atoms with Gasteiger partial charge in [0.05, 0.1) is 13.2 Å². The molecule has 0 aliphatic rings. The Hall–Kier alpha value is -3.27. The standard InChI is InChI=1S/C29H35NO3/c1-20(2)26-11-7-12-27(21(3)4)28(26)30-29(31)23-13-15-24(16-14-23)32-17-8-18-33-25-10-6-9-22(5)19-25/h6-7,9-16,19-21H,8,17-18H2,1-5H3,(H,30,31). The van der Waals surface area contributed by atoms with Gasteiger partial charge in [-0.1, -0.05) is 58.0 Å². The summed E-state index contributed by atoms with van der Waals surface area (Å²) in [4.78, 5) is 13.0. The molecule has 33 heavy (non-hydrogen) atoms. The van der Waals surface area contributed by atoms with Crippen LogP contribution < -0.4 is 14.8 Å². The lowest BCUT2D eigenvalue weighted by Crippen LogP contribution is -2.16. The Morgan fingerprint density at radius 2 is 1.36 bits per heavy atom. The minimum Gasteiger partial charge on any atom is -0.493 e. The van der Waals surface area contributed by atoms with Gasteiger partial charge in [-0.15, -0.1) is 0 Å². The number of carbonyl (C=O) groups is 1. The average Bonchev–Trinajstić information content (AvgIpc) is 2.79. The van der Waals surface area contributed by atoms with Gasteiger partial charge in [0.2, 0.25) is 0 Å². The summed E-state index contributed by atoms with van der Waals surface area (Å²) in [5.74, 6) is 2.16. The van der Waals surface area contributed by atoms with Crippen molar-refractivity contribution in [3.05, 3.63) is 89.0 Å². The van der Waals surface area contributed by atoms with Crippen molar-refractivity contribution in [2.45, 2.75) is 52.9 Å². The molecule has 0 unspecified atom stereocenters. The van der Waals surface area contributed by atoms with Gasteiger partial charge in [-0.05, 0) is 71.8 Å². The quantitative estimate of drug-likeness (QED) is 0.332. The zero-order chi connectivity index (χ0) is 23.8. The summed E-state index contributed by atoms with van der Waals surface area (Å²) in [6.45, 7) is 11.8. The second-order valence-corrected chi connectivity index (χ2v) is 8.97. The van der Waals surface area contributed by atoms with Gasteiger partial charge in [0.25, 0.3) is 5.91 Å². The zero-order valence-electron chi connectivity index (χ0n) is 20.4. The third kappa shape index (κ3) is 6.85. The smallest absolute Gasteiger partial charge is 0.255 e. The van der Waals surface area contributed by atoms with Gasteiger partial charge in [0.1, 0.15) is 11.5 Å². The number of anilines is 1. The van der Waals surface area contributed by atoms with E-state index in [9.17, 15) is 4.79 Å². The molecule has 3 aromatic rings. The summed E-state index contributed by atoms with van der Waals surface area (Å²) in [5.41, 5.74) is 5.03. The topological polar surface area (TPSA) is 47.6 Å². The largest absolute Gasteiger partial charge is 0.493 e. The molecule has 0 heterocycles. The first-order valence-electron chi connectivity index (χ1n) is 11.7. The van der Waals surface area contributed by atoms with Crippen LogP contribution in [0, 0.1) is 6.92 Å². The van der Waals surface area contributed by atoms with Gasteiger partial charge in [0.15, 0.2) is 0 Å². The molecule has 0 bridgehead atoms. The molecule has 0 aromatic heterocycles. The van der Waals surface area contributed by atoms with E-state index in [-0.39, 0.29) is 5.91 Å². The molecule has 4 nitrogen and oxygen atoms in total. The van der Waals surface area contributed by atoms with Crippen LogP contribution in [0.3, 0.4) is 0 Å². The Kier molecular flexibility index (Phi) is 8.53. The van der Waals surface area contributed by atoms with Crippen LogP contribution in [0.5, 0.6) is 11.5 Å². The lowest BCUT2D eigenvalue weighted by Gasteiger charge is -2.20. The molecule has 1 amide bonds. The van der Waals surface area contributed by atoms with Gasteiger partial charge in [-0.2, -0.15) is 0 Å². The molecule has 3 rings (SSSR count). The summed E-state index contributed by atoms with van der Waals surface area (Å²) in [6.07, 6.45) is 0.778. The highest BCUT2D eigenvalue weighted by atomic mass is 16.5. The Labute approximate surface area is 197 Å². The second-order valence-electron chi connectivity index (χ2n) is 8.97. The number of ether oxygens (including phenoxy) is 2. The van der Waals surface area contributed by atoms with E-state index in [0.717, 1.165) is 34.7 Å². The highest BCUT2D eigenvalue weighted by Gasteiger charge is 2.16. The Balaban J connectivity index is 1.54. The van der Waals surface area contributed by atoms with E-state index >= 15 is 0 Å². The maximum Gasteiger partial charge on any atom is 0.255 e. The van der Waals surface area contributed by atoms with Gasteiger partial charge in [-0.3, -0.25) is 4.79 Å². The first kappa shape index (κ1) is 24.4. The fourth-order valence-corrected chi connectivity index (χ4v) is 3.73. The highest BCUT2D eigenvalue weighted by molar-refractivity contribution is 6.05. The molecule has 4 heteroatoms. The third-order valence-electron chi connectivity index (χ3n) is 5.54. The van der Waals surface area contributed by atoms with Crippen molar-refractivity contribution >= 4 is 11.6 Å². The fraction of sp³-hybridized carbons (Fsp3) is 0.345. The average molecular weight is 446 g/mol. The third-order valence-corrected chi connectivity index (χ3v) is 5.54. The van der Waals surface area contributed by atoms with Crippen molar-refractivity contribution in [3.8, 4) is 11.5 Å². The van der Waals surface area contributed by atoms with E-state index < -0.39 is 0 Å². The first-order valence-corrected chi connectivity index (χ1v) is 11.7. The summed E-state index contributed by atoms with van der Waals surface area (Å²) in [6, 6.07) is 21.6. The molecule has 0 saturated carbocycles. The van der Waals surface area contributed by atoms with E-state index in [4.69, 9.17) is 9.47 Å². The van der Waals surface area contributed by atoms with Gasteiger partial charge in [0, 0.05) is 17.7 Å². The molecule has 3 aromatic carbocycles. The summed E-state index contributed by atoms with van der Waals surface area (Å²) >= 11 is 0. The number of para-hydroxylation sites is 1. The van der Waals surface area contributed by atoms with Crippen LogP contribution in [-0.2, 0) is 0 Å². The van der Waals surface area contributed by atoms with Gasteiger partial charge >= 0.3 is 0 Å². The van der Waals surface area contributed by atoms with Crippen LogP contribution in [0.15, 0.2) is 66.7 Å². The van der Waals surface area contributed by atoms with Gasteiger partial charge in [-0.25, -0.2) is 0 Å². The van der Waals surface area contributed by atoms with Crippen LogP contribution in [0.4, 0.5) is 5.69 Å². The number of hydrogen-bond donors (Lipinski definition) is 1. The molecule has 0 aliphatic heterocycles. The van der Waals surface area contributed by atoms with Crippen LogP contribution >= 0.6 is 0 Å². The number of hydrogen-bond acceptors (Lipinski definition) is 3. The molecule has 0 saturated heterocycles. The van der Waals surface area contributed by atoms with E-state index in [1.54, 1.807) is 12.1 Å². The summed E-state index contributed by atoms with van der Waals surface area (Å²) in [7, 11) is 0. The normalized spacial score (nSPS) is 11.0. The maximum absolute atomic E-state index is 13.0. The van der Waals surface area contributed by atoms with E-state index in [1.807, 2.05) is 43.3 Å². The monoisotopic (exact) mass is 445 g/mol. The van der Waals surface area contributed by atoms with Gasteiger partial charge < -0.3 is 14.8 Å². The molecular weight excluding hydrogens is 410 g/mol. The Morgan fingerprint density at radius 3 is 1.94 bits per heavy atom. The second kappa shape index (κ2) is 11.6. The molecule has 0 aliphatic carbocycles. The van der Waals surface area contributed by atoms with E-state index in [0.29, 0.717) is 30.6 Å². The zero-order valence-corrected chi connectivity index (χ0v) is 20.4. The molecule has 0 fully saturated rings. The first-order chi connectivity index (χ1) is 15.8. The molecule has 1 N–H and O–H groups in total. The van der Waals surface area contributed by atoms with Crippen molar-refractivity contribution in [2.75, 3.05) is 18.5 Å². The number of nitrogens with one attached hydrogen (secondary N) is 1. The maximum atomic E-state index is 13.0. The van der Waals surface area contributed by atoms with E-state index in [1.165, 1.54) is 5.56 Å². The number of aryl methyl sites for hydroxylation is 1. The van der Waals surface area contributed by atoms with Crippen LogP contribution in [0.1, 0.15) is 73.0 Å². The summed E-state index contributed by atoms with van der Waals surface area (Å²) in [5, 5.41) is 3.16. The Morgan fingerprint density at radius 1 is 0.788 bits per heavy atom. The van der Waals surface area contributed by atoms with Crippen molar-refractivity contribution in [1.29, 1.82) is 0 Å². The van der Waals surface area contributed by atoms with Crippen molar-refractivity contribution in [3.63, 3.8) is 0 Å². The van der Waals surface area contributed by atoms with Crippen LogP contribution in [-0.4, -0.2) is 19.1 Å². The lowest BCUT2D eigenvalue weighted by molar-refractivity contribution is 0.102. The molecular formula is C29H35NO3. The SMILES string of the molecule is Cc1cccc(OCCCOc2ccc(C(=O)Nc3c(C(C)C)cccc3C(C)C)cc2)c1. The minimum absolute atomic E-state index is 0.108. The predicted molar refractivity (Wildman–Crippen MR) is 136 cm³/mol. The lowest BCUT2D eigenvalue weighted by atomic mass is 9.92. The minimum atomic E-state index is -0.108. The molecule has 0 radical (unpaired) electrons. The van der Waals surface area contributed by atoms with Crippen LogP contribution in [0.25, 0.3) is 0 Å². The van der Waals surface area contributed by atoms with Crippen molar-refractivity contribution in [1.82, 2.24) is 0 Å². The van der Waals surface area contributed by atoms with Crippen LogP contribution in [0.2, 0.25) is 0 Å². The predicted octanol–water partition coefficient (Wildman–Crippen LogP) is 7.34. The molecule has 174 valence electrons. The summed E-state index contributed by atoms with van der Waals surface area (Å²) < 4.78 is 11.6. The van der Waals surface area contributed by atoms with Crippen molar-refractivity contribution < 1.29 is 14.3 Å². The number of rotatable bonds is 10.